The summed E-state index contributed by atoms with van der Waals surface area (Å²) < 4.78 is 5.03. The molecule has 0 aliphatic heterocycles. The second-order valence-corrected chi connectivity index (χ2v) is 3.89. The van der Waals surface area contributed by atoms with Crippen LogP contribution in [0.3, 0.4) is 0 Å². The lowest BCUT2D eigenvalue weighted by Crippen LogP contribution is -2.09. The Bertz CT molecular complexity index is 511. The first kappa shape index (κ1) is 10.8. The largest absolute Gasteiger partial charge is 0.507 e. The molecule has 0 unspecified atom stereocenters. The maximum absolute atomic E-state index is 9.67. The molecule has 16 heavy (non-hydrogen) atoms. The molecule has 0 amide bonds. The predicted molar refractivity (Wildman–Crippen MR) is 60.7 cm³/mol. The minimum Gasteiger partial charge on any atom is -0.507 e. The SMILES string of the molecule is CN(C)c1noc(-c2ccc(Cl)cc2O)n1. The average molecular weight is 240 g/mol. The topological polar surface area (TPSA) is 62.4 Å². The summed E-state index contributed by atoms with van der Waals surface area (Å²) in [5.41, 5.74) is 0.463. The van der Waals surface area contributed by atoms with E-state index in [1.165, 1.54) is 6.07 Å². The van der Waals surface area contributed by atoms with Crippen molar-refractivity contribution in [3.05, 3.63) is 23.2 Å². The molecule has 0 aliphatic carbocycles. The smallest absolute Gasteiger partial charge is 0.265 e. The van der Waals surface area contributed by atoms with E-state index >= 15 is 0 Å². The molecule has 0 bridgehead atoms. The lowest BCUT2D eigenvalue weighted by Gasteiger charge is -2.02. The van der Waals surface area contributed by atoms with Gasteiger partial charge in [-0.2, -0.15) is 4.98 Å². The van der Waals surface area contributed by atoms with Crippen LogP contribution in [0.4, 0.5) is 5.95 Å². The second kappa shape index (κ2) is 4.02. The quantitative estimate of drug-likeness (QED) is 0.870. The Hall–Kier alpha value is -1.75. The highest BCUT2D eigenvalue weighted by atomic mass is 35.5. The monoisotopic (exact) mass is 239 g/mol. The van der Waals surface area contributed by atoms with E-state index in [4.69, 9.17) is 16.1 Å². The number of benzene rings is 1. The molecular weight excluding hydrogens is 230 g/mol. The first-order valence-electron chi connectivity index (χ1n) is 4.58. The summed E-state index contributed by atoms with van der Waals surface area (Å²) in [7, 11) is 3.60. The van der Waals surface area contributed by atoms with E-state index in [0.717, 1.165) is 0 Å². The van der Waals surface area contributed by atoms with Crippen molar-refractivity contribution in [1.29, 1.82) is 0 Å². The van der Waals surface area contributed by atoms with Crippen LogP contribution in [0.2, 0.25) is 5.02 Å². The number of halogens is 1. The van der Waals surface area contributed by atoms with Gasteiger partial charge in [0.25, 0.3) is 11.8 Å². The molecule has 2 rings (SSSR count). The summed E-state index contributed by atoms with van der Waals surface area (Å²) in [6.07, 6.45) is 0. The van der Waals surface area contributed by atoms with E-state index in [1.54, 1.807) is 31.1 Å². The van der Waals surface area contributed by atoms with Crippen molar-refractivity contribution in [3.8, 4) is 17.2 Å². The third-order valence-electron chi connectivity index (χ3n) is 2.01. The molecular formula is C10H10ClN3O2. The second-order valence-electron chi connectivity index (χ2n) is 3.46. The van der Waals surface area contributed by atoms with Crippen LogP contribution in [-0.4, -0.2) is 29.3 Å². The van der Waals surface area contributed by atoms with Crippen molar-refractivity contribution in [1.82, 2.24) is 10.1 Å². The van der Waals surface area contributed by atoms with Gasteiger partial charge in [0.15, 0.2) is 0 Å². The van der Waals surface area contributed by atoms with Gasteiger partial charge >= 0.3 is 0 Å². The van der Waals surface area contributed by atoms with Gasteiger partial charge in [-0.15, -0.1) is 0 Å². The molecule has 0 radical (unpaired) electrons. The van der Waals surface area contributed by atoms with Crippen LogP contribution >= 0.6 is 11.6 Å². The van der Waals surface area contributed by atoms with Gasteiger partial charge in [0, 0.05) is 19.1 Å². The maximum atomic E-state index is 9.67. The van der Waals surface area contributed by atoms with Gasteiger partial charge in [0.05, 0.1) is 5.56 Å². The van der Waals surface area contributed by atoms with Crippen LogP contribution in [0.1, 0.15) is 0 Å². The zero-order chi connectivity index (χ0) is 11.7. The number of phenolic OH excluding ortho intramolecular Hbond substituents is 1. The molecule has 0 spiro atoms. The van der Waals surface area contributed by atoms with Crippen LogP contribution < -0.4 is 4.90 Å². The zero-order valence-electron chi connectivity index (χ0n) is 8.81. The van der Waals surface area contributed by atoms with Gasteiger partial charge in [0.1, 0.15) is 5.75 Å². The van der Waals surface area contributed by atoms with Crippen LogP contribution in [0.15, 0.2) is 22.7 Å². The number of aromatic hydroxyl groups is 1. The Kier molecular flexibility index (Phi) is 2.70. The molecule has 2 aromatic rings. The highest BCUT2D eigenvalue weighted by Gasteiger charge is 2.13. The Morgan fingerprint density at radius 1 is 1.38 bits per heavy atom. The number of phenols is 1. The van der Waals surface area contributed by atoms with Gasteiger partial charge in [-0.1, -0.05) is 11.6 Å². The molecule has 1 N–H and O–H groups in total. The molecule has 1 aromatic carbocycles. The summed E-state index contributed by atoms with van der Waals surface area (Å²) in [4.78, 5) is 5.82. The molecule has 0 fully saturated rings. The maximum Gasteiger partial charge on any atom is 0.265 e. The van der Waals surface area contributed by atoms with Crippen LogP contribution in [0.25, 0.3) is 11.5 Å². The number of hydrogen-bond acceptors (Lipinski definition) is 5. The third-order valence-corrected chi connectivity index (χ3v) is 2.24. The molecule has 6 heteroatoms. The molecule has 0 aliphatic rings. The Balaban J connectivity index is 2.42. The molecule has 0 atom stereocenters. The molecule has 1 aromatic heterocycles. The first-order chi connectivity index (χ1) is 7.58. The van der Waals surface area contributed by atoms with Crippen LogP contribution in [0, 0.1) is 0 Å². The van der Waals surface area contributed by atoms with Crippen molar-refractivity contribution in [3.63, 3.8) is 0 Å². The molecule has 5 nitrogen and oxygen atoms in total. The number of hydrogen-bond donors (Lipinski definition) is 1. The molecule has 1 heterocycles. The van der Waals surface area contributed by atoms with Crippen molar-refractivity contribution in [2.75, 3.05) is 19.0 Å². The van der Waals surface area contributed by atoms with E-state index in [2.05, 4.69) is 10.1 Å². The highest BCUT2D eigenvalue weighted by Crippen LogP contribution is 2.30. The lowest BCUT2D eigenvalue weighted by atomic mass is 10.2. The number of rotatable bonds is 2. The van der Waals surface area contributed by atoms with Gasteiger partial charge in [-0.25, -0.2) is 0 Å². The molecule has 84 valence electrons. The van der Waals surface area contributed by atoms with Gasteiger partial charge in [0.2, 0.25) is 0 Å². The van der Waals surface area contributed by atoms with Crippen molar-refractivity contribution < 1.29 is 9.63 Å². The van der Waals surface area contributed by atoms with E-state index < -0.39 is 0 Å². The first-order valence-corrected chi connectivity index (χ1v) is 4.95. The predicted octanol–water partition coefficient (Wildman–Crippen LogP) is 2.16. The normalized spacial score (nSPS) is 10.4. The summed E-state index contributed by atoms with van der Waals surface area (Å²) in [6.45, 7) is 0. The Morgan fingerprint density at radius 2 is 2.12 bits per heavy atom. The fraction of sp³-hybridized carbons (Fsp3) is 0.200. The lowest BCUT2D eigenvalue weighted by molar-refractivity contribution is 0.424. The summed E-state index contributed by atoms with van der Waals surface area (Å²) in [5, 5.41) is 13.9. The van der Waals surface area contributed by atoms with Crippen LogP contribution in [-0.2, 0) is 0 Å². The zero-order valence-corrected chi connectivity index (χ0v) is 9.56. The minimum absolute atomic E-state index is 0.0152. The van der Waals surface area contributed by atoms with Gasteiger partial charge in [-0.05, 0) is 23.4 Å². The summed E-state index contributed by atoms with van der Waals surface area (Å²) >= 11 is 5.73. The summed E-state index contributed by atoms with van der Waals surface area (Å²) in [6, 6.07) is 4.71. The molecule has 0 saturated heterocycles. The fourth-order valence-corrected chi connectivity index (χ4v) is 1.36. The summed E-state index contributed by atoms with van der Waals surface area (Å²) in [5.74, 6) is 0.726. The number of anilines is 1. The van der Waals surface area contributed by atoms with E-state index in [-0.39, 0.29) is 11.6 Å². The Morgan fingerprint density at radius 3 is 2.69 bits per heavy atom. The van der Waals surface area contributed by atoms with E-state index in [1.807, 2.05) is 0 Å². The van der Waals surface area contributed by atoms with Crippen molar-refractivity contribution >= 4 is 17.5 Å². The van der Waals surface area contributed by atoms with Crippen molar-refractivity contribution in [2.24, 2.45) is 0 Å². The minimum atomic E-state index is 0.0152. The highest BCUT2D eigenvalue weighted by molar-refractivity contribution is 6.30. The van der Waals surface area contributed by atoms with Gasteiger partial charge in [-0.3, -0.25) is 0 Å². The van der Waals surface area contributed by atoms with E-state index in [0.29, 0.717) is 16.5 Å². The fourth-order valence-electron chi connectivity index (χ4n) is 1.19. The van der Waals surface area contributed by atoms with Crippen molar-refractivity contribution in [2.45, 2.75) is 0 Å². The van der Waals surface area contributed by atoms with Gasteiger partial charge < -0.3 is 14.5 Å². The standard InChI is InChI=1S/C10H10ClN3O2/c1-14(2)10-12-9(16-13-10)7-4-3-6(11)5-8(7)15/h3-5,15H,1-2H3. The number of aromatic nitrogens is 2. The Labute approximate surface area is 97.3 Å². The average Bonchev–Trinajstić information content (AvgIpc) is 2.66. The molecule has 0 saturated carbocycles. The van der Waals surface area contributed by atoms with E-state index in [9.17, 15) is 5.11 Å². The number of nitrogens with zero attached hydrogens (tertiary/aromatic N) is 3. The van der Waals surface area contributed by atoms with Crippen LogP contribution in [0.5, 0.6) is 5.75 Å². The third kappa shape index (κ3) is 1.94.